The molecule has 2 aliphatic rings. The lowest BCUT2D eigenvalue weighted by molar-refractivity contribution is -0.136. The van der Waals surface area contributed by atoms with Crippen LogP contribution in [0.15, 0.2) is 12.2 Å². The first-order valence-corrected chi connectivity index (χ1v) is 8.63. The van der Waals surface area contributed by atoms with E-state index in [1.165, 1.54) is 0 Å². The molecule has 0 atom stereocenters. The van der Waals surface area contributed by atoms with E-state index in [1.54, 1.807) is 0 Å². The fourth-order valence-corrected chi connectivity index (χ4v) is 3.18. The Hall–Kier alpha value is -1.85. The molecule has 0 saturated heterocycles. The van der Waals surface area contributed by atoms with Crippen molar-refractivity contribution in [2.75, 3.05) is 13.1 Å². The maximum absolute atomic E-state index is 12.6. The molecule has 2 rings (SSSR count). The Morgan fingerprint density at radius 3 is 2.35 bits per heavy atom. The lowest BCUT2D eigenvalue weighted by Gasteiger charge is -2.36. The SMILES string of the molecule is O=C1CNC(=O)C2(CCCCC2)NC(=O)CCC=CCCCN1. The van der Waals surface area contributed by atoms with E-state index in [4.69, 9.17) is 0 Å². The van der Waals surface area contributed by atoms with Crippen LogP contribution in [0.4, 0.5) is 0 Å². The number of amides is 3. The van der Waals surface area contributed by atoms with E-state index in [2.05, 4.69) is 16.0 Å². The minimum absolute atomic E-state index is 0.0354. The molecule has 0 aromatic heterocycles. The lowest BCUT2D eigenvalue weighted by Crippen LogP contribution is -2.60. The molecule has 0 unspecified atom stereocenters. The molecular weight excluding hydrogens is 294 g/mol. The summed E-state index contributed by atoms with van der Waals surface area (Å²) < 4.78 is 0. The van der Waals surface area contributed by atoms with E-state index in [1.807, 2.05) is 12.2 Å². The molecule has 23 heavy (non-hydrogen) atoms. The lowest BCUT2D eigenvalue weighted by atomic mass is 9.80. The van der Waals surface area contributed by atoms with Gasteiger partial charge in [0.2, 0.25) is 17.7 Å². The van der Waals surface area contributed by atoms with Crippen molar-refractivity contribution in [1.82, 2.24) is 16.0 Å². The second-order valence-corrected chi connectivity index (χ2v) is 6.38. The van der Waals surface area contributed by atoms with Crippen LogP contribution in [-0.2, 0) is 14.4 Å². The Morgan fingerprint density at radius 1 is 0.826 bits per heavy atom. The van der Waals surface area contributed by atoms with E-state index in [-0.39, 0.29) is 24.3 Å². The molecule has 128 valence electrons. The van der Waals surface area contributed by atoms with Crippen LogP contribution >= 0.6 is 0 Å². The summed E-state index contributed by atoms with van der Waals surface area (Å²) >= 11 is 0. The number of hydrogen-bond acceptors (Lipinski definition) is 3. The largest absolute Gasteiger partial charge is 0.355 e. The van der Waals surface area contributed by atoms with Crippen molar-refractivity contribution in [1.29, 1.82) is 0 Å². The number of hydrogen-bond donors (Lipinski definition) is 3. The summed E-state index contributed by atoms with van der Waals surface area (Å²) in [6, 6.07) is 0. The van der Waals surface area contributed by atoms with Gasteiger partial charge in [0.25, 0.3) is 0 Å². The molecule has 0 bridgehead atoms. The van der Waals surface area contributed by atoms with Gasteiger partial charge in [-0.05, 0) is 32.1 Å². The van der Waals surface area contributed by atoms with Gasteiger partial charge in [-0.1, -0.05) is 31.4 Å². The van der Waals surface area contributed by atoms with Gasteiger partial charge in [0.1, 0.15) is 5.54 Å². The third-order valence-electron chi connectivity index (χ3n) is 4.50. The van der Waals surface area contributed by atoms with Crippen molar-refractivity contribution < 1.29 is 14.4 Å². The van der Waals surface area contributed by atoms with Crippen LogP contribution in [0.3, 0.4) is 0 Å². The Kier molecular flexibility index (Phi) is 6.62. The predicted molar refractivity (Wildman–Crippen MR) is 87.6 cm³/mol. The second-order valence-electron chi connectivity index (χ2n) is 6.38. The topological polar surface area (TPSA) is 87.3 Å². The standard InChI is InChI=1S/C17H27N3O3/c21-14-9-5-2-1-3-8-12-18-15(22)13-19-16(23)17(20-14)10-6-4-7-11-17/h1-2H,3-13H2,(H,18,22)(H,19,23)(H,20,21). The minimum Gasteiger partial charge on any atom is -0.355 e. The van der Waals surface area contributed by atoms with E-state index in [0.717, 1.165) is 32.1 Å². The molecule has 1 fully saturated rings. The average Bonchev–Trinajstić information content (AvgIpc) is 2.55. The van der Waals surface area contributed by atoms with Crippen molar-refractivity contribution >= 4 is 17.7 Å². The van der Waals surface area contributed by atoms with Gasteiger partial charge in [-0.15, -0.1) is 0 Å². The summed E-state index contributed by atoms with van der Waals surface area (Å²) in [4.78, 5) is 36.6. The van der Waals surface area contributed by atoms with Gasteiger partial charge in [-0.3, -0.25) is 14.4 Å². The van der Waals surface area contributed by atoms with Gasteiger partial charge in [-0.2, -0.15) is 0 Å². The molecule has 0 aromatic carbocycles. The zero-order valence-electron chi connectivity index (χ0n) is 13.7. The molecule has 3 amide bonds. The molecule has 1 saturated carbocycles. The average molecular weight is 321 g/mol. The second kappa shape index (κ2) is 8.70. The molecule has 1 aliphatic carbocycles. The zero-order valence-corrected chi connectivity index (χ0v) is 13.7. The minimum atomic E-state index is -0.848. The van der Waals surface area contributed by atoms with Crippen molar-refractivity contribution in [2.45, 2.75) is 63.3 Å². The molecule has 0 aromatic rings. The molecule has 0 radical (unpaired) electrons. The van der Waals surface area contributed by atoms with Crippen LogP contribution in [-0.4, -0.2) is 36.3 Å². The van der Waals surface area contributed by atoms with Crippen LogP contribution < -0.4 is 16.0 Å². The zero-order chi connectivity index (χ0) is 16.5. The maximum atomic E-state index is 12.6. The van der Waals surface area contributed by atoms with Crippen molar-refractivity contribution in [3.63, 3.8) is 0 Å². The Balaban J connectivity index is 2.07. The molecule has 3 N–H and O–H groups in total. The van der Waals surface area contributed by atoms with E-state index >= 15 is 0 Å². The Bertz CT molecular complexity index is 468. The smallest absolute Gasteiger partial charge is 0.246 e. The van der Waals surface area contributed by atoms with Gasteiger partial charge in [0, 0.05) is 13.0 Å². The Morgan fingerprint density at radius 2 is 1.57 bits per heavy atom. The normalized spacial score (nSPS) is 24.1. The molecule has 6 nitrogen and oxygen atoms in total. The van der Waals surface area contributed by atoms with Crippen LogP contribution in [0.5, 0.6) is 0 Å². The van der Waals surface area contributed by atoms with Crippen molar-refractivity contribution in [3.05, 3.63) is 12.2 Å². The molecule has 6 heteroatoms. The summed E-state index contributed by atoms with van der Waals surface area (Å²) in [5.74, 6) is -0.508. The summed E-state index contributed by atoms with van der Waals surface area (Å²) in [7, 11) is 0. The number of carbonyl (C=O) groups excluding carboxylic acids is 3. The van der Waals surface area contributed by atoms with Crippen LogP contribution in [0.1, 0.15) is 57.8 Å². The number of carbonyl (C=O) groups is 3. The maximum Gasteiger partial charge on any atom is 0.246 e. The first-order valence-electron chi connectivity index (χ1n) is 8.63. The fourth-order valence-electron chi connectivity index (χ4n) is 3.18. The number of nitrogens with one attached hydrogen (secondary N) is 3. The third-order valence-corrected chi connectivity index (χ3v) is 4.50. The molecule has 1 heterocycles. The van der Waals surface area contributed by atoms with Gasteiger partial charge in [0.15, 0.2) is 0 Å². The number of rotatable bonds is 0. The summed E-state index contributed by atoms with van der Waals surface area (Å²) in [5.41, 5.74) is -0.848. The van der Waals surface area contributed by atoms with Crippen LogP contribution in [0, 0.1) is 0 Å². The molecular formula is C17H27N3O3. The highest BCUT2D eigenvalue weighted by molar-refractivity contribution is 5.93. The quantitative estimate of drug-likeness (QED) is 0.585. The third kappa shape index (κ3) is 5.37. The monoisotopic (exact) mass is 321 g/mol. The van der Waals surface area contributed by atoms with E-state index < -0.39 is 5.54 Å². The van der Waals surface area contributed by atoms with Gasteiger partial charge >= 0.3 is 0 Å². The van der Waals surface area contributed by atoms with Crippen LogP contribution in [0.25, 0.3) is 0 Å². The van der Waals surface area contributed by atoms with E-state index in [0.29, 0.717) is 32.2 Å². The van der Waals surface area contributed by atoms with Crippen molar-refractivity contribution in [3.8, 4) is 0 Å². The fraction of sp³-hybridized carbons (Fsp3) is 0.706. The summed E-state index contributed by atoms with van der Waals surface area (Å²) in [6.45, 7) is 0.563. The van der Waals surface area contributed by atoms with Gasteiger partial charge in [-0.25, -0.2) is 0 Å². The van der Waals surface area contributed by atoms with E-state index in [9.17, 15) is 14.4 Å². The first-order chi connectivity index (χ1) is 11.1. The molecule has 1 spiro atoms. The summed E-state index contributed by atoms with van der Waals surface area (Å²) in [6.07, 6.45) is 11.0. The highest BCUT2D eigenvalue weighted by Gasteiger charge is 2.40. The molecule has 1 aliphatic heterocycles. The number of allylic oxidation sites excluding steroid dienone is 2. The highest BCUT2D eigenvalue weighted by Crippen LogP contribution is 2.28. The van der Waals surface area contributed by atoms with Crippen molar-refractivity contribution in [2.24, 2.45) is 0 Å². The Labute approximate surface area is 137 Å². The summed E-state index contributed by atoms with van der Waals surface area (Å²) in [5, 5.41) is 8.45. The first kappa shape index (κ1) is 17.5. The van der Waals surface area contributed by atoms with Gasteiger partial charge in [0.05, 0.1) is 6.54 Å². The van der Waals surface area contributed by atoms with Crippen LogP contribution in [0.2, 0.25) is 0 Å². The highest BCUT2D eigenvalue weighted by atomic mass is 16.2. The predicted octanol–water partition coefficient (Wildman–Crippen LogP) is 1.17. The van der Waals surface area contributed by atoms with Gasteiger partial charge < -0.3 is 16.0 Å².